The van der Waals surface area contributed by atoms with Gasteiger partial charge in [-0.2, -0.15) is 0 Å². The molecule has 5 rings (SSSR count). The Morgan fingerprint density at radius 3 is 2.28 bits per heavy atom. The van der Waals surface area contributed by atoms with Crippen molar-refractivity contribution in [2.24, 2.45) is 0 Å². The Kier molecular flexibility index (Phi) is 6.05. The van der Waals surface area contributed by atoms with Crippen LogP contribution < -0.4 is 0 Å². The van der Waals surface area contributed by atoms with Gasteiger partial charge in [0, 0.05) is 61.3 Å². The molecule has 9 nitrogen and oxygen atoms in total. The molecule has 1 N–H and O–H groups in total. The van der Waals surface area contributed by atoms with E-state index < -0.39 is 11.7 Å². The fourth-order valence-electron chi connectivity index (χ4n) is 4.64. The van der Waals surface area contributed by atoms with Gasteiger partial charge < -0.3 is 14.8 Å². The molecule has 4 heterocycles. The lowest BCUT2D eigenvalue weighted by atomic mass is 10.0. The van der Waals surface area contributed by atoms with Crippen molar-refractivity contribution < 1.29 is 14.4 Å². The Bertz CT molecular complexity index is 1490. The molecule has 3 aromatic heterocycles. The summed E-state index contributed by atoms with van der Waals surface area (Å²) in [6.45, 7) is 6.93. The second-order valence-electron chi connectivity index (χ2n) is 8.94. The van der Waals surface area contributed by atoms with Crippen LogP contribution in [0.4, 0.5) is 0 Å². The number of hydrogen-bond donors (Lipinski definition) is 1. The van der Waals surface area contributed by atoms with Crippen molar-refractivity contribution in [3.8, 4) is 11.3 Å². The van der Waals surface area contributed by atoms with Crippen LogP contribution >= 0.6 is 0 Å². The second kappa shape index (κ2) is 9.33. The molecule has 2 amide bonds. The average Bonchev–Trinajstić information content (AvgIpc) is 3.35. The maximum atomic E-state index is 13.3. The third-order valence-corrected chi connectivity index (χ3v) is 6.57. The van der Waals surface area contributed by atoms with Crippen molar-refractivity contribution in [3.63, 3.8) is 0 Å². The number of rotatable bonds is 4. The van der Waals surface area contributed by atoms with Crippen LogP contribution in [0, 0.1) is 20.8 Å². The zero-order valence-corrected chi connectivity index (χ0v) is 20.4. The van der Waals surface area contributed by atoms with Crippen LogP contribution in [0.1, 0.15) is 37.8 Å². The summed E-state index contributed by atoms with van der Waals surface area (Å²) in [7, 11) is 0. The number of aryl methyl sites for hydroxylation is 3. The van der Waals surface area contributed by atoms with Crippen LogP contribution in [0.3, 0.4) is 0 Å². The molecule has 0 atom stereocenters. The van der Waals surface area contributed by atoms with Crippen molar-refractivity contribution in [2.45, 2.75) is 20.8 Å². The van der Waals surface area contributed by atoms with Crippen LogP contribution in [-0.4, -0.2) is 73.5 Å². The number of fused-ring (bicyclic) bond motifs is 1. The van der Waals surface area contributed by atoms with E-state index >= 15 is 0 Å². The summed E-state index contributed by atoms with van der Waals surface area (Å²) in [5, 5.41) is 0.663. The van der Waals surface area contributed by atoms with Gasteiger partial charge in [-0.3, -0.25) is 19.4 Å². The van der Waals surface area contributed by atoms with E-state index in [0.29, 0.717) is 59.7 Å². The predicted molar refractivity (Wildman–Crippen MR) is 135 cm³/mol. The summed E-state index contributed by atoms with van der Waals surface area (Å²) in [5.41, 5.74) is 4.55. The van der Waals surface area contributed by atoms with Crippen molar-refractivity contribution in [1.82, 2.24) is 29.7 Å². The highest BCUT2D eigenvalue weighted by Gasteiger charge is 2.31. The van der Waals surface area contributed by atoms with E-state index in [1.54, 1.807) is 35.6 Å². The number of Topliss-reactive ketones (excluding diaryl/α,β-unsaturated/α-hetero) is 1. The summed E-state index contributed by atoms with van der Waals surface area (Å²) in [5.74, 6) is -0.564. The van der Waals surface area contributed by atoms with Gasteiger partial charge in [0.05, 0.1) is 22.5 Å². The molecule has 1 aromatic carbocycles. The first kappa shape index (κ1) is 23.3. The Hall–Kier alpha value is -4.40. The van der Waals surface area contributed by atoms with Gasteiger partial charge in [0.15, 0.2) is 0 Å². The van der Waals surface area contributed by atoms with Crippen LogP contribution in [-0.2, 0) is 4.79 Å². The molecule has 9 heteroatoms. The van der Waals surface area contributed by atoms with Crippen molar-refractivity contribution >= 4 is 28.5 Å². The third-order valence-electron chi connectivity index (χ3n) is 6.57. The standard InChI is InChI=1S/C27H26N6O3/c1-16-13-29-23(20-14-28-18(3)31-17(20)2)24-22(16)21(15-30-24)25(34)27(36)33-11-9-32(10-12-33)26(35)19-7-5-4-6-8-19/h4-8,13-15,30H,9-12H2,1-3H3. The van der Waals surface area contributed by atoms with Gasteiger partial charge in [-0.1, -0.05) is 18.2 Å². The van der Waals surface area contributed by atoms with Crippen molar-refractivity contribution in [1.29, 1.82) is 0 Å². The third kappa shape index (κ3) is 4.13. The summed E-state index contributed by atoms with van der Waals surface area (Å²) >= 11 is 0. The first-order chi connectivity index (χ1) is 17.3. The summed E-state index contributed by atoms with van der Waals surface area (Å²) < 4.78 is 0. The van der Waals surface area contributed by atoms with Gasteiger partial charge >= 0.3 is 0 Å². The molecule has 0 aliphatic carbocycles. The molecular formula is C27H26N6O3. The molecule has 182 valence electrons. The smallest absolute Gasteiger partial charge is 0.295 e. The second-order valence-corrected chi connectivity index (χ2v) is 8.94. The molecule has 1 fully saturated rings. The minimum Gasteiger partial charge on any atom is -0.359 e. The Morgan fingerprint density at radius 1 is 0.889 bits per heavy atom. The van der Waals surface area contributed by atoms with Crippen LogP contribution in [0.2, 0.25) is 0 Å². The first-order valence-corrected chi connectivity index (χ1v) is 11.8. The number of piperazine rings is 1. The minimum atomic E-state index is -0.582. The average molecular weight is 483 g/mol. The number of nitrogens with one attached hydrogen (secondary N) is 1. The number of pyridine rings is 1. The number of carbonyl (C=O) groups is 3. The number of carbonyl (C=O) groups excluding carboxylic acids is 3. The number of H-pyrrole nitrogens is 1. The Labute approximate surface area is 208 Å². The summed E-state index contributed by atoms with van der Waals surface area (Å²) in [4.78, 5) is 58.9. The highest BCUT2D eigenvalue weighted by atomic mass is 16.2. The topological polar surface area (TPSA) is 112 Å². The monoisotopic (exact) mass is 482 g/mol. The lowest BCUT2D eigenvalue weighted by Crippen LogP contribution is -2.52. The number of ketones is 1. The number of aromatic nitrogens is 4. The van der Waals surface area contributed by atoms with Gasteiger partial charge in [-0.15, -0.1) is 0 Å². The molecule has 0 radical (unpaired) electrons. The number of hydrogen-bond acceptors (Lipinski definition) is 6. The largest absolute Gasteiger partial charge is 0.359 e. The van der Waals surface area contributed by atoms with Gasteiger partial charge in [-0.05, 0) is 38.5 Å². The number of aromatic amines is 1. The molecule has 0 saturated carbocycles. The number of nitrogens with zero attached hydrogens (tertiary/aromatic N) is 5. The van der Waals surface area contributed by atoms with E-state index in [9.17, 15) is 14.4 Å². The van der Waals surface area contributed by atoms with Gasteiger partial charge in [0.2, 0.25) is 0 Å². The lowest BCUT2D eigenvalue weighted by molar-refractivity contribution is -0.127. The van der Waals surface area contributed by atoms with E-state index in [0.717, 1.165) is 16.8 Å². The maximum absolute atomic E-state index is 13.3. The minimum absolute atomic E-state index is 0.0725. The fourth-order valence-corrected chi connectivity index (χ4v) is 4.64. The van der Waals surface area contributed by atoms with E-state index in [1.807, 2.05) is 39.0 Å². The quantitative estimate of drug-likeness (QED) is 0.353. The van der Waals surface area contributed by atoms with Crippen molar-refractivity contribution in [3.05, 3.63) is 77.1 Å². The van der Waals surface area contributed by atoms with E-state index in [4.69, 9.17) is 0 Å². The van der Waals surface area contributed by atoms with Gasteiger partial charge in [0.1, 0.15) is 5.82 Å². The predicted octanol–water partition coefficient (Wildman–Crippen LogP) is 3.11. The first-order valence-electron chi connectivity index (χ1n) is 11.8. The molecule has 0 unspecified atom stereocenters. The van der Waals surface area contributed by atoms with Gasteiger partial charge in [0.25, 0.3) is 17.6 Å². The zero-order chi connectivity index (χ0) is 25.4. The number of benzene rings is 1. The summed E-state index contributed by atoms with van der Waals surface area (Å²) in [6, 6.07) is 9.05. The molecular weight excluding hydrogens is 456 g/mol. The highest BCUT2D eigenvalue weighted by Crippen LogP contribution is 2.31. The molecule has 0 spiro atoms. The van der Waals surface area contributed by atoms with Crippen molar-refractivity contribution in [2.75, 3.05) is 26.2 Å². The van der Waals surface area contributed by atoms with E-state index in [2.05, 4.69) is 19.9 Å². The molecule has 1 aliphatic rings. The Balaban J connectivity index is 1.37. The van der Waals surface area contributed by atoms with Gasteiger partial charge in [-0.25, -0.2) is 9.97 Å². The van der Waals surface area contributed by atoms with Crippen LogP contribution in [0.5, 0.6) is 0 Å². The fraction of sp³-hybridized carbons (Fsp3) is 0.259. The van der Waals surface area contributed by atoms with Crippen LogP contribution in [0.25, 0.3) is 22.2 Å². The highest BCUT2D eigenvalue weighted by molar-refractivity contribution is 6.45. The molecule has 4 aromatic rings. The van der Waals surface area contributed by atoms with E-state index in [-0.39, 0.29) is 5.91 Å². The lowest BCUT2D eigenvalue weighted by Gasteiger charge is -2.34. The Morgan fingerprint density at radius 2 is 1.58 bits per heavy atom. The molecule has 1 aliphatic heterocycles. The molecule has 0 bridgehead atoms. The maximum Gasteiger partial charge on any atom is 0.295 e. The molecule has 1 saturated heterocycles. The molecule has 36 heavy (non-hydrogen) atoms. The normalized spacial score (nSPS) is 13.8. The van der Waals surface area contributed by atoms with Crippen LogP contribution in [0.15, 0.2) is 48.9 Å². The van der Waals surface area contributed by atoms with E-state index in [1.165, 1.54) is 4.90 Å². The SMILES string of the molecule is Cc1ncc(-c2ncc(C)c3c(C(=O)C(=O)N4CCN(C(=O)c5ccccc5)CC4)c[nH]c23)c(C)n1. The zero-order valence-electron chi connectivity index (χ0n) is 20.4. The summed E-state index contributed by atoms with van der Waals surface area (Å²) in [6.07, 6.45) is 4.99. The number of amides is 2.